The molecule has 1 amide bonds. The van der Waals surface area contributed by atoms with Crippen LogP contribution in [0.1, 0.15) is 29.8 Å². The third-order valence-corrected chi connectivity index (χ3v) is 2.67. The minimum atomic E-state index is -0.362. The van der Waals surface area contributed by atoms with E-state index in [1.807, 2.05) is 31.5 Å². The minimum absolute atomic E-state index is 0.0396. The monoisotopic (exact) mass is 212 g/mol. The standard InChI is InChI=1S/C10H16N2OS/c1-7-4-14-5-8(7)9(13)12-6-10(2,3)11/h4-5H,6,11H2,1-3H3,(H,12,13). The Kier molecular flexibility index (Phi) is 3.29. The molecule has 1 aromatic rings. The van der Waals surface area contributed by atoms with Crippen molar-refractivity contribution in [1.82, 2.24) is 5.32 Å². The maximum absolute atomic E-state index is 11.6. The summed E-state index contributed by atoms with van der Waals surface area (Å²) in [7, 11) is 0. The summed E-state index contributed by atoms with van der Waals surface area (Å²) in [5.41, 5.74) is 7.17. The topological polar surface area (TPSA) is 55.1 Å². The molecule has 0 atom stereocenters. The highest BCUT2D eigenvalue weighted by atomic mass is 32.1. The van der Waals surface area contributed by atoms with Crippen molar-refractivity contribution < 1.29 is 4.79 Å². The Hall–Kier alpha value is -0.870. The van der Waals surface area contributed by atoms with Gasteiger partial charge in [-0.25, -0.2) is 0 Å². The molecule has 0 aliphatic carbocycles. The van der Waals surface area contributed by atoms with Crippen molar-refractivity contribution in [2.75, 3.05) is 6.54 Å². The lowest BCUT2D eigenvalue weighted by atomic mass is 10.1. The van der Waals surface area contributed by atoms with Crippen molar-refractivity contribution >= 4 is 17.2 Å². The van der Waals surface area contributed by atoms with Gasteiger partial charge >= 0.3 is 0 Å². The molecule has 0 fully saturated rings. The number of aryl methyl sites for hydroxylation is 1. The predicted molar refractivity (Wildman–Crippen MR) is 59.7 cm³/mol. The van der Waals surface area contributed by atoms with Crippen LogP contribution >= 0.6 is 11.3 Å². The van der Waals surface area contributed by atoms with Gasteiger partial charge in [0, 0.05) is 17.5 Å². The van der Waals surface area contributed by atoms with E-state index in [4.69, 9.17) is 5.73 Å². The largest absolute Gasteiger partial charge is 0.350 e. The highest BCUT2D eigenvalue weighted by Gasteiger charge is 2.14. The summed E-state index contributed by atoms with van der Waals surface area (Å²) in [4.78, 5) is 11.6. The molecule has 0 spiro atoms. The summed E-state index contributed by atoms with van der Waals surface area (Å²) >= 11 is 1.54. The van der Waals surface area contributed by atoms with Crippen molar-refractivity contribution in [2.45, 2.75) is 26.3 Å². The summed E-state index contributed by atoms with van der Waals surface area (Å²) in [6.07, 6.45) is 0. The Morgan fingerprint density at radius 2 is 2.21 bits per heavy atom. The first-order valence-electron chi connectivity index (χ1n) is 4.50. The van der Waals surface area contributed by atoms with Crippen LogP contribution in [0.15, 0.2) is 10.8 Å². The number of carbonyl (C=O) groups excluding carboxylic acids is 1. The highest BCUT2D eigenvalue weighted by molar-refractivity contribution is 7.08. The summed E-state index contributed by atoms with van der Waals surface area (Å²) in [6, 6.07) is 0. The predicted octanol–water partition coefficient (Wildman–Crippen LogP) is 1.52. The van der Waals surface area contributed by atoms with Gasteiger partial charge in [0.1, 0.15) is 0 Å². The molecule has 14 heavy (non-hydrogen) atoms. The smallest absolute Gasteiger partial charge is 0.252 e. The van der Waals surface area contributed by atoms with Crippen LogP contribution < -0.4 is 11.1 Å². The van der Waals surface area contributed by atoms with Gasteiger partial charge in [-0.1, -0.05) is 0 Å². The zero-order valence-corrected chi connectivity index (χ0v) is 9.57. The maximum atomic E-state index is 11.6. The fourth-order valence-corrected chi connectivity index (χ4v) is 1.82. The molecule has 1 aromatic heterocycles. The normalized spacial score (nSPS) is 11.4. The van der Waals surface area contributed by atoms with Crippen molar-refractivity contribution in [1.29, 1.82) is 0 Å². The molecule has 0 saturated heterocycles. The molecule has 78 valence electrons. The van der Waals surface area contributed by atoms with E-state index in [1.165, 1.54) is 11.3 Å². The SMILES string of the molecule is Cc1cscc1C(=O)NCC(C)(C)N. The first-order chi connectivity index (χ1) is 6.40. The van der Waals surface area contributed by atoms with Crippen molar-refractivity contribution in [3.05, 3.63) is 21.9 Å². The maximum Gasteiger partial charge on any atom is 0.252 e. The van der Waals surface area contributed by atoms with Crippen molar-refractivity contribution in [2.24, 2.45) is 5.73 Å². The molecule has 1 heterocycles. The molecule has 0 aliphatic heterocycles. The van der Waals surface area contributed by atoms with Crippen LogP contribution in [0, 0.1) is 6.92 Å². The molecule has 0 radical (unpaired) electrons. The summed E-state index contributed by atoms with van der Waals surface area (Å²) in [5, 5.41) is 6.62. The average molecular weight is 212 g/mol. The van der Waals surface area contributed by atoms with E-state index in [2.05, 4.69) is 5.32 Å². The minimum Gasteiger partial charge on any atom is -0.350 e. The van der Waals surface area contributed by atoms with Crippen LogP contribution in [0.25, 0.3) is 0 Å². The first kappa shape index (κ1) is 11.2. The van der Waals surface area contributed by atoms with Crippen LogP contribution in [-0.2, 0) is 0 Å². The highest BCUT2D eigenvalue weighted by Crippen LogP contribution is 2.13. The van der Waals surface area contributed by atoms with Crippen LogP contribution in [0.3, 0.4) is 0 Å². The molecule has 4 heteroatoms. The Morgan fingerprint density at radius 3 is 2.64 bits per heavy atom. The van der Waals surface area contributed by atoms with E-state index in [1.54, 1.807) is 0 Å². The van der Waals surface area contributed by atoms with Gasteiger partial charge in [-0.05, 0) is 31.7 Å². The summed E-state index contributed by atoms with van der Waals surface area (Å²) in [5.74, 6) is -0.0396. The van der Waals surface area contributed by atoms with Crippen LogP contribution in [-0.4, -0.2) is 18.0 Å². The average Bonchev–Trinajstić information content (AvgIpc) is 2.46. The van der Waals surface area contributed by atoms with Gasteiger partial charge in [0.05, 0.1) is 5.56 Å². The molecule has 1 rings (SSSR count). The number of thiophene rings is 1. The zero-order valence-electron chi connectivity index (χ0n) is 8.76. The molecule has 0 unspecified atom stereocenters. The lowest BCUT2D eigenvalue weighted by molar-refractivity contribution is 0.0946. The summed E-state index contributed by atoms with van der Waals surface area (Å²) in [6.45, 7) is 6.18. The Labute approximate surface area is 88.3 Å². The van der Waals surface area contributed by atoms with Gasteiger partial charge in [0.25, 0.3) is 5.91 Å². The van der Waals surface area contributed by atoms with Gasteiger partial charge < -0.3 is 11.1 Å². The molecular weight excluding hydrogens is 196 g/mol. The number of rotatable bonds is 3. The summed E-state index contributed by atoms with van der Waals surface area (Å²) < 4.78 is 0. The Balaban J connectivity index is 2.56. The van der Waals surface area contributed by atoms with E-state index < -0.39 is 0 Å². The van der Waals surface area contributed by atoms with Gasteiger partial charge in [0.15, 0.2) is 0 Å². The Bertz CT molecular complexity index is 325. The van der Waals surface area contributed by atoms with Gasteiger partial charge in [-0.2, -0.15) is 11.3 Å². The number of amides is 1. The molecular formula is C10H16N2OS. The second kappa shape index (κ2) is 4.11. The van der Waals surface area contributed by atoms with E-state index in [0.717, 1.165) is 11.1 Å². The fraction of sp³-hybridized carbons (Fsp3) is 0.500. The third-order valence-electron chi connectivity index (χ3n) is 1.80. The molecule has 0 bridgehead atoms. The number of carbonyl (C=O) groups is 1. The van der Waals surface area contributed by atoms with Gasteiger partial charge in [0.2, 0.25) is 0 Å². The molecule has 0 aliphatic rings. The van der Waals surface area contributed by atoms with E-state index >= 15 is 0 Å². The van der Waals surface area contributed by atoms with E-state index in [0.29, 0.717) is 6.54 Å². The van der Waals surface area contributed by atoms with Crippen LogP contribution in [0.4, 0.5) is 0 Å². The molecule has 0 aromatic carbocycles. The fourth-order valence-electron chi connectivity index (χ4n) is 0.996. The quantitative estimate of drug-likeness (QED) is 0.798. The zero-order chi connectivity index (χ0) is 10.8. The first-order valence-corrected chi connectivity index (χ1v) is 5.44. The van der Waals surface area contributed by atoms with Gasteiger partial charge in [-0.3, -0.25) is 4.79 Å². The van der Waals surface area contributed by atoms with Gasteiger partial charge in [-0.15, -0.1) is 0 Å². The second-order valence-corrected chi connectivity index (χ2v) is 4.88. The Morgan fingerprint density at radius 1 is 1.57 bits per heavy atom. The number of nitrogens with one attached hydrogen (secondary N) is 1. The third kappa shape index (κ3) is 3.12. The molecule has 3 nitrogen and oxygen atoms in total. The molecule has 3 N–H and O–H groups in total. The molecule has 0 saturated carbocycles. The lowest BCUT2D eigenvalue weighted by Crippen LogP contribution is -2.45. The second-order valence-electron chi connectivity index (χ2n) is 4.14. The van der Waals surface area contributed by atoms with E-state index in [9.17, 15) is 4.79 Å². The number of nitrogens with two attached hydrogens (primary N) is 1. The van der Waals surface area contributed by atoms with E-state index in [-0.39, 0.29) is 11.4 Å². The number of hydrogen-bond donors (Lipinski definition) is 2. The van der Waals surface area contributed by atoms with Crippen LogP contribution in [0.2, 0.25) is 0 Å². The lowest BCUT2D eigenvalue weighted by Gasteiger charge is -2.18. The number of hydrogen-bond acceptors (Lipinski definition) is 3. The van der Waals surface area contributed by atoms with Crippen molar-refractivity contribution in [3.8, 4) is 0 Å². The van der Waals surface area contributed by atoms with Crippen LogP contribution in [0.5, 0.6) is 0 Å². The van der Waals surface area contributed by atoms with Crippen molar-refractivity contribution in [3.63, 3.8) is 0 Å².